The number of anilines is 1. The summed E-state index contributed by atoms with van der Waals surface area (Å²) in [6.45, 7) is 5.04. The molecule has 0 bridgehead atoms. The van der Waals surface area contributed by atoms with Crippen LogP contribution in [0.5, 0.6) is 11.5 Å². The normalized spacial score (nSPS) is 14.7. The van der Waals surface area contributed by atoms with Crippen LogP contribution in [0.4, 0.5) is 5.82 Å². The monoisotopic (exact) mass is 505 g/mol. The number of piperidine rings is 1. The van der Waals surface area contributed by atoms with E-state index >= 15 is 0 Å². The summed E-state index contributed by atoms with van der Waals surface area (Å²) < 4.78 is 16.6. The minimum Gasteiger partial charge on any atom is -0.491 e. The predicted octanol–water partition coefficient (Wildman–Crippen LogP) is 3.84. The standard InChI is InChI=1S/C29H35N3O5/c1-2-35-29(34)23-8-13-28(31-18-23)32-16-14-24(15-17-32)30-19-25(33)21-37-27-11-9-26(10-12-27)36-20-22-6-4-3-5-7-22/h3-13,18,24-25,30,33H,2,14-17,19-21H2,1H3/t25-/m0/s1. The average Bonchev–Trinajstić information content (AvgIpc) is 2.95. The number of aliphatic hydroxyl groups excluding tert-OH is 1. The molecule has 0 amide bonds. The minimum absolute atomic E-state index is 0.215. The third-order valence-corrected chi connectivity index (χ3v) is 6.23. The van der Waals surface area contributed by atoms with Crippen molar-refractivity contribution in [3.63, 3.8) is 0 Å². The lowest BCUT2D eigenvalue weighted by molar-refractivity contribution is 0.0526. The third kappa shape index (κ3) is 8.20. The van der Waals surface area contributed by atoms with Gasteiger partial charge in [0.15, 0.2) is 0 Å². The zero-order valence-electron chi connectivity index (χ0n) is 21.2. The molecule has 2 aromatic carbocycles. The van der Waals surface area contributed by atoms with E-state index in [1.165, 1.54) is 0 Å². The smallest absolute Gasteiger partial charge is 0.339 e. The lowest BCUT2D eigenvalue weighted by atomic mass is 10.0. The van der Waals surface area contributed by atoms with E-state index in [1.54, 1.807) is 19.2 Å². The van der Waals surface area contributed by atoms with Crippen LogP contribution in [0.3, 0.4) is 0 Å². The number of nitrogens with one attached hydrogen (secondary N) is 1. The maximum atomic E-state index is 11.8. The lowest BCUT2D eigenvalue weighted by Crippen LogP contribution is -2.45. The van der Waals surface area contributed by atoms with Gasteiger partial charge in [-0.15, -0.1) is 0 Å². The first kappa shape index (κ1) is 26.4. The largest absolute Gasteiger partial charge is 0.491 e. The molecule has 3 aromatic rings. The molecule has 1 atom stereocenters. The van der Waals surface area contributed by atoms with Crippen molar-refractivity contribution < 1.29 is 24.1 Å². The molecule has 196 valence electrons. The van der Waals surface area contributed by atoms with Crippen molar-refractivity contribution in [1.29, 1.82) is 0 Å². The Balaban J connectivity index is 1.12. The number of ether oxygens (including phenoxy) is 3. The molecule has 37 heavy (non-hydrogen) atoms. The van der Waals surface area contributed by atoms with Gasteiger partial charge in [0.1, 0.15) is 36.6 Å². The number of esters is 1. The van der Waals surface area contributed by atoms with Gasteiger partial charge in [-0.2, -0.15) is 0 Å². The van der Waals surface area contributed by atoms with Crippen LogP contribution in [-0.4, -0.2) is 61.1 Å². The summed E-state index contributed by atoms with van der Waals surface area (Å²) in [6, 6.07) is 21.4. The molecule has 0 unspecified atom stereocenters. The van der Waals surface area contributed by atoms with E-state index in [4.69, 9.17) is 14.2 Å². The zero-order valence-corrected chi connectivity index (χ0v) is 21.2. The summed E-state index contributed by atoms with van der Waals surface area (Å²) in [6.07, 6.45) is 2.85. The van der Waals surface area contributed by atoms with E-state index < -0.39 is 6.10 Å². The molecular formula is C29H35N3O5. The van der Waals surface area contributed by atoms with Crippen LogP contribution in [-0.2, 0) is 11.3 Å². The molecule has 2 N–H and O–H groups in total. The molecule has 1 fully saturated rings. The van der Waals surface area contributed by atoms with Crippen molar-refractivity contribution in [3.8, 4) is 11.5 Å². The summed E-state index contributed by atoms with van der Waals surface area (Å²) in [7, 11) is 0. The van der Waals surface area contributed by atoms with E-state index in [0.29, 0.717) is 37.1 Å². The lowest BCUT2D eigenvalue weighted by Gasteiger charge is -2.33. The zero-order chi connectivity index (χ0) is 25.9. The molecule has 0 aliphatic carbocycles. The fraction of sp³-hybridized carbons (Fsp3) is 0.379. The van der Waals surface area contributed by atoms with Crippen LogP contribution in [0.15, 0.2) is 72.9 Å². The Bertz CT molecular complexity index is 1080. The number of hydrogen-bond acceptors (Lipinski definition) is 8. The highest BCUT2D eigenvalue weighted by Gasteiger charge is 2.21. The van der Waals surface area contributed by atoms with Crippen LogP contribution in [0.25, 0.3) is 0 Å². The van der Waals surface area contributed by atoms with Gasteiger partial charge in [-0.05, 0) is 61.7 Å². The summed E-state index contributed by atoms with van der Waals surface area (Å²) in [5.74, 6) is 1.98. The second kappa shape index (κ2) is 13.6. The van der Waals surface area contributed by atoms with Crippen LogP contribution >= 0.6 is 0 Å². The van der Waals surface area contributed by atoms with Gasteiger partial charge in [0, 0.05) is 31.9 Å². The highest BCUT2D eigenvalue weighted by Crippen LogP contribution is 2.20. The van der Waals surface area contributed by atoms with Gasteiger partial charge < -0.3 is 29.5 Å². The first-order valence-corrected chi connectivity index (χ1v) is 12.8. The van der Waals surface area contributed by atoms with E-state index in [-0.39, 0.29) is 12.6 Å². The molecule has 0 radical (unpaired) electrons. The number of hydrogen-bond donors (Lipinski definition) is 2. The highest BCUT2D eigenvalue weighted by molar-refractivity contribution is 5.89. The number of aromatic nitrogens is 1. The Morgan fingerprint density at radius 2 is 1.73 bits per heavy atom. The van der Waals surface area contributed by atoms with Gasteiger partial charge in [-0.3, -0.25) is 0 Å². The maximum absolute atomic E-state index is 11.8. The Morgan fingerprint density at radius 3 is 2.38 bits per heavy atom. The van der Waals surface area contributed by atoms with Crippen molar-refractivity contribution >= 4 is 11.8 Å². The highest BCUT2D eigenvalue weighted by atomic mass is 16.5. The summed E-state index contributed by atoms with van der Waals surface area (Å²) >= 11 is 0. The van der Waals surface area contributed by atoms with Gasteiger partial charge in [-0.1, -0.05) is 30.3 Å². The quantitative estimate of drug-likeness (QED) is 0.359. The molecule has 0 spiro atoms. The topological polar surface area (TPSA) is 93.2 Å². The summed E-state index contributed by atoms with van der Waals surface area (Å²) in [4.78, 5) is 18.4. The molecular weight excluding hydrogens is 470 g/mol. The van der Waals surface area contributed by atoms with Crippen LogP contribution in [0.2, 0.25) is 0 Å². The van der Waals surface area contributed by atoms with Crippen LogP contribution in [0.1, 0.15) is 35.7 Å². The van der Waals surface area contributed by atoms with Crippen molar-refractivity contribution in [3.05, 3.63) is 84.1 Å². The predicted molar refractivity (Wildman–Crippen MR) is 142 cm³/mol. The summed E-state index contributed by atoms with van der Waals surface area (Å²) in [5.41, 5.74) is 1.58. The number of nitrogens with zero attached hydrogens (tertiary/aromatic N) is 2. The molecule has 1 aliphatic rings. The maximum Gasteiger partial charge on any atom is 0.339 e. The molecule has 4 rings (SSSR count). The molecule has 8 nitrogen and oxygen atoms in total. The average molecular weight is 506 g/mol. The van der Waals surface area contributed by atoms with Crippen LogP contribution in [0, 0.1) is 0 Å². The fourth-order valence-electron chi connectivity index (χ4n) is 4.15. The first-order valence-electron chi connectivity index (χ1n) is 12.8. The SMILES string of the molecule is CCOC(=O)c1ccc(N2CCC(NC[C@H](O)COc3ccc(OCc4ccccc4)cc3)CC2)nc1. The Hall–Kier alpha value is -3.62. The molecule has 0 saturated carbocycles. The van der Waals surface area contributed by atoms with Crippen molar-refractivity contribution in [2.75, 3.05) is 37.7 Å². The van der Waals surface area contributed by atoms with Gasteiger partial charge in [0.2, 0.25) is 0 Å². The molecule has 1 aromatic heterocycles. The number of carbonyl (C=O) groups is 1. The number of benzene rings is 2. The van der Waals surface area contributed by atoms with Crippen LogP contribution < -0.4 is 19.7 Å². The van der Waals surface area contributed by atoms with Crippen molar-refractivity contribution in [1.82, 2.24) is 10.3 Å². The molecule has 2 heterocycles. The van der Waals surface area contributed by atoms with E-state index in [9.17, 15) is 9.90 Å². The Morgan fingerprint density at radius 1 is 1.03 bits per heavy atom. The molecule has 1 aliphatic heterocycles. The Kier molecular flexibility index (Phi) is 9.74. The second-order valence-corrected chi connectivity index (χ2v) is 9.01. The van der Waals surface area contributed by atoms with E-state index in [1.807, 2.05) is 60.7 Å². The third-order valence-electron chi connectivity index (χ3n) is 6.23. The first-order chi connectivity index (χ1) is 18.1. The number of carbonyl (C=O) groups excluding carboxylic acids is 1. The van der Waals surface area contributed by atoms with Gasteiger partial charge in [0.05, 0.1) is 12.2 Å². The van der Waals surface area contributed by atoms with Gasteiger partial charge >= 0.3 is 5.97 Å². The van der Waals surface area contributed by atoms with E-state index in [0.717, 1.165) is 43.1 Å². The number of pyridine rings is 1. The second-order valence-electron chi connectivity index (χ2n) is 9.01. The Labute approximate surface area is 218 Å². The van der Waals surface area contributed by atoms with Gasteiger partial charge in [-0.25, -0.2) is 9.78 Å². The number of aliphatic hydroxyl groups is 1. The summed E-state index contributed by atoms with van der Waals surface area (Å²) in [5, 5.41) is 13.8. The molecule has 1 saturated heterocycles. The number of rotatable bonds is 12. The molecule has 8 heteroatoms. The fourth-order valence-corrected chi connectivity index (χ4v) is 4.15. The van der Waals surface area contributed by atoms with E-state index in [2.05, 4.69) is 15.2 Å². The minimum atomic E-state index is -0.607. The van der Waals surface area contributed by atoms with Crippen molar-refractivity contribution in [2.24, 2.45) is 0 Å². The van der Waals surface area contributed by atoms with Crippen molar-refractivity contribution in [2.45, 2.75) is 38.5 Å². The van der Waals surface area contributed by atoms with Gasteiger partial charge in [0.25, 0.3) is 0 Å².